The Hall–Kier alpha value is -0.350. The Kier molecular flexibility index (Phi) is 8.84. The SMILES string of the molecule is COc1c(Cl)cc(Cl)cc1CNCCc1ccc(Cl)cc1Cl.Cl. The minimum Gasteiger partial charge on any atom is -0.495 e. The molecule has 0 bridgehead atoms. The summed E-state index contributed by atoms with van der Waals surface area (Å²) < 4.78 is 5.31. The Labute approximate surface area is 162 Å². The first-order valence-corrected chi connectivity index (χ1v) is 8.19. The van der Waals surface area contributed by atoms with Crippen LogP contribution < -0.4 is 10.1 Å². The van der Waals surface area contributed by atoms with Gasteiger partial charge in [-0.3, -0.25) is 0 Å². The number of methoxy groups -OCH3 is 1. The molecule has 0 heterocycles. The molecular weight excluding hydrogens is 399 g/mol. The maximum Gasteiger partial charge on any atom is 0.142 e. The van der Waals surface area contributed by atoms with Crippen LogP contribution in [0.3, 0.4) is 0 Å². The molecule has 2 aromatic carbocycles. The van der Waals surface area contributed by atoms with Crippen molar-refractivity contribution in [3.8, 4) is 5.75 Å². The summed E-state index contributed by atoms with van der Waals surface area (Å²) in [6, 6.07) is 9.03. The van der Waals surface area contributed by atoms with Crippen molar-refractivity contribution in [1.82, 2.24) is 5.32 Å². The molecule has 1 N–H and O–H groups in total. The summed E-state index contributed by atoms with van der Waals surface area (Å²) in [5.41, 5.74) is 1.97. The van der Waals surface area contributed by atoms with Crippen LogP contribution in [0.5, 0.6) is 5.75 Å². The molecule has 126 valence electrons. The number of benzene rings is 2. The lowest BCUT2D eigenvalue weighted by Gasteiger charge is -2.12. The van der Waals surface area contributed by atoms with E-state index in [-0.39, 0.29) is 12.4 Å². The van der Waals surface area contributed by atoms with Crippen LogP contribution in [0.25, 0.3) is 0 Å². The summed E-state index contributed by atoms with van der Waals surface area (Å²) in [5.74, 6) is 0.642. The second kappa shape index (κ2) is 9.83. The molecule has 0 aliphatic carbocycles. The number of halogens is 5. The predicted molar refractivity (Wildman–Crippen MR) is 102 cm³/mol. The minimum absolute atomic E-state index is 0. The Balaban J connectivity index is 0.00000264. The van der Waals surface area contributed by atoms with E-state index in [0.717, 1.165) is 24.1 Å². The summed E-state index contributed by atoms with van der Waals surface area (Å²) >= 11 is 24.2. The normalized spacial score (nSPS) is 10.3. The second-order valence-corrected chi connectivity index (χ2v) is 6.43. The molecule has 2 aromatic rings. The predicted octanol–water partition coefficient (Wildman–Crippen LogP) is 6.06. The smallest absolute Gasteiger partial charge is 0.142 e. The third-order valence-electron chi connectivity index (χ3n) is 3.19. The third-order valence-corrected chi connectivity index (χ3v) is 4.28. The lowest BCUT2D eigenvalue weighted by atomic mass is 10.1. The van der Waals surface area contributed by atoms with Crippen molar-refractivity contribution in [1.29, 1.82) is 0 Å². The fraction of sp³-hybridized carbons (Fsp3) is 0.250. The van der Waals surface area contributed by atoms with Crippen LogP contribution in [0.1, 0.15) is 11.1 Å². The number of hydrogen-bond donors (Lipinski definition) is 1. The van der Waals surface area contributed by atoms with Crippen LogP contribution in [0.4, 0.5) is 0 Å². The van der Waals surface area contributed by atoms with Crippen molar-refractivity contribution in [2.45, 2.75) is 13.0 Å². The van der Waals surface area contributed by atoms with Gasteiger partial charge < -0.3 is 10.1 Å². The van der Waals surface area contributed by atoms with E-state index in [9.17, 15) is 0 Å². The maximum atomic E-state index is 6.15. The second-order valence-electron chi connectivity index (χ2n) is 4.74. The molecule has 0 atom stereocenters. The van der Waals surface area contributed by atoms with E-state index in [4.69, 9.17) is 51.1 Å². The molecule has 0 saturated heterocycles. The fourth-order valence-corrected chi connectivity index (χ4v) is 3.26. The summed E-state index contributed by atoms with van der Waals surface area (Å²) in [6.07, 6.45) is 0.798. The third kappa shape index (κ3) is 5.90. The first kappa shape index (κ1) is 20.7. The molecule has 0 spiro atoms. The highest BCUT2D eigenvalue weighted by Gasteiger charge is 2.09. The van der Waals surface area contributed by atoms with Gasteiger partial charge in [0.2, 0.25) is 0 Å². The summed E-state index contributed by atoms with van der Waals surface area (Å²) in [6.45, 7) is 1.36. The van der Waals surface area contributed by atoms with Gasteiger partial charge in [-0.05, 0) is 42.8 Å². The van der Waals surface area contributed by atoms with Gasteiger partial charge in [0, 0.05) is 27.2 Å². The lowest BCUT2D eigenvalue weighted by Crippen LogP contribution is -2.17. The van der Waals surface area contributed by atoms with Crippen LogP contribution in [0.15, 0.2) is 30.3 Å². The Bertz CT molecular complexity index is 663. The van der Waals surface area contributed by atoms with Crippen molar-refractivity contribution in [3.05, 3.63) is 61.5 Å². The molecule has 0 saturated carbocycles. The zero-order chi connectivity index (χ0) is 16.1. The molecule has 0 aromatic heterocycles. The van der Waals surface area contributed by atoms with Crippen molar-refractivity contribution in [2.75, 3.05) is 13.7 Å². The summed E-state index contributed by atoms with van der Waals surface area (Å²) in [7, 11) is 1.59. The van der Waals surface area contributed by atoms with Crippen LogP contribution in [0, 0.1) is 0 Å². The molecule has 2 rings (SSSR count). The molecule has 0 fully saturated rings. The number of hydrogen-bond acceptors (Lipinski definition) is 2. The van der Waals surface area contributed by atoms with E-state index in [1.807, 2.05) is 18.2 Å². The number of rotatable bonds is 6. The van der Waals surface area contributed by atoms with E-state index in [0.29, 0.717) is 32.4 Å². The van der Waals surface area contributed by atoms with Gasteiger partial charge in [-0.1, -0.05) is 52.5 Å². The Morgan fingerprint density at radius 3 is 2.26 bits per heavy atom. The largest absolute Gasteiger partial charge is 0.495 e. The Morgan fingerprint density at radius 1 is 0.913 bits per heavy atom. The molecule has 7 heteroatoms. The van der Waals surface area contributed by atoms with Gasteiger partial charge >= 0.3 is 0 Å². The summed E-state index contributed by atoms with van der Waals surface area (Å²) in [5, 5.41) is 5.74. The average molecular weight is 416 g/mol. The van der Waals surface area contributed by atoms with Crippen LogP contribution >= 0.6 is 58.8 Å². The van der Waals surface area contributed by atoms with Gasteiger partial charge in [0.1, 0.15) is 5.75 Å². The monoisotopic (exact) mass is 413 g/mol. The molecule has 0 amide bonds. The zero-order valence-electron chi connectivity index (χ0n) is 12.3. The zero-order valence-corrected chi connectivity index (χ0v) is 16.2. The number of nitrogens with one attached hydrogen (secondary N) is 1. The highest BCUT2D eigenvalue weighted by atomic mass is 35.5. The van der Waals surface area contributed by atoms with Crippen molar-refractivity contribution in [2.24, 2.45) is 0 Å². The molecule has 23 heavy (non-hydrogen) atoms. The maximum absolute atomic E-state index is 6.15. The van der Waals surface area contributed by atoms with E-state index < -0.39 is 0 Å². The average Bonchev–Trinajstić information content (AvgIpc) is 2.45. The van der Waals surface area contributed by atoms with E-state index in [2.05, 4.69) is 5.32 Å². The molecule has 0 unspecified atom stereocenters. The Morgan fingerprint density at radius 2 is 1.61 bits per heavy atom. The van der Waals surface area contributed by atoms with E-state index in [1.165, 1.54) is 0 Å². The van der Waals surface area contributed by atoms with Crippen molar-refractivity contribution in [3.63, 3.8) is 0 Å². The minimum atomic E-state index is 0. The molecule has 0 radical (unpaired) electrons. The summed E-state index contributed by atoms with van der Waals surface area (Å²) in [4.78, 5) is 0. The fourth-order valence-electron chi connectivity index (χ4n) is 2.14. The van der Waals surface area contributed by atoms with Gasteiger partial charge in [0.25, 0.3) is 0 Å². The van der Waals surface area contributed by atoms with Gasteiger partial charge in [-0.25, -0.2) is 0 Å². The van der Waals surface area contributed by atoms with E-state index >= 15 is 0 Å². The number of ether oxygens (including phenoxy) is 1. The standard InChI is InChI=1S/C16H15Cl4NO.ClH/c1-22-16-11(6-13(18)8-15(16)20)9-21-5-4-10-2-3-12(17)7-14(10)19;/h2-3,6-8,21H,4-5,9H2,1H3;1H. The topological polar surface area (TPSA) is 21.3 Å². The van der Waals surface area contributed by atoms with Crippen LogP contribution in [-0.4, -0.2) is 13.7 Å². The lowest BCUT2D eigenvalue weighted by molar-refractivity contribution is 0.408. The van der Waals surface area contributed by atoms with Crippen molar-refractivity contribution >= 4 is 58.8 Å². The van der Waals surface area contributed by atoms with Gasteiger partial charge in [0.05, 0.1) is 12.1 Å². The molecular formula is C16H16Cl5NO. The highest BCUT2D eigenvalue weighted by Crippen LogP contribution is 2.32. The van der Waals surface area contributed by atoms with Crippen LogP contribution in [0.2, 0.25) is 20.1 Å². The molecule has 0 aliphatic heterocycles. The van der Waals surface area contributed by atoms with Gasteiger partial charge in [0.15, 0.2) is 0 Å². The van der Waals surface area contributed by atoms with Crippen LogP contribution in [-0.2, 0) is 13.0 Å². The van der Waals surface area contributed by atoms with Gasteiger partial charge in [-0.15, -0.1) is 12.4 Å². The highest BCUT2D eigenvalue weighted by molar-refractivity contribution is 6.36. The van der Waals surface area contributed by atoms with Crippen molar-refractivity contribution < 1.29 is 4.74 Å². The van der Waals surface area contributed by atoms with E-state index in [1.54, 1.807) is 19.2 Å². The molecule has 0 aliphatic rings. The quantitative estimate of drug-likeness (QED) is 0.579. The van der Waals surface area contributed by atoms with Gasteiger partial charge in [-0.2, -0.15) is 0 Å². The first-order valence-electron chi connectivity index (χ1n) is 6.68. The molecule has 2 nitrogen and oxygen atoms in total. The first-order chi connectivity index (χ1) is 10.5.